The third kappa shape index (κ3) is 3.18. The monoisotopic (exact) mass is 295 g/mol. The van der Waals surface area contributed by atoms with Crippen LogP contribution in [0.2, 0.25) is 5.02 Å². The van der Waals surface area contributed by atoms with E-state index in [-0.39, 0.29) is 5.84 Å². The molecular formula is C15H22ClN3O. The Kier molecular flexibility index (Phi) is 4.76. The Hall–Kier alpha value is -1.42. The van der Waals surface area contributed by atoms with Crippen LogP contribution in [0.3, 0.4) is 0 Å². The molecule has 1 aliphatic carbocycles. The molecule has 1 fully saturated rings. The highest BCUT2D eigenvalue weighted by atomic mass is 35.5. The van der Waals surface area contributed by atoms with Crippen molar-refractivity contribution in [1.29, 1.82) is 0 Å². The predicted molar refractivity (Wildman–Crippen MR) is 83.8 cm³/mol. The van der Waals surface area contributed by atoms with E-state index in [1.807, 2.05) is 12.1 Å². The van der Waals surface area contributed by atoms with Gasteiger partial charge in [0.1, 0.15) is 0 Å². The van der Waals surface area contributed by atoms with E-state index in [0.29, 0.717) is 16.6 Å². The molecule has 1 aromatic carbocycles. The van der Waals surface area contributed by atoms with E-state index in [4.69, 9.17) is 22.5 Å². The maximum Gasteiger partial charge on any atom is 0.172 e. The molecule has 1 saturated carbocycles. The molecule has 2 unspecified atom stereocenters. The summed E-state index contributed by atoms with van der Waals surface area (Å²) in [4.78, 5) is 2.24. The van der Waals surface area contributed by atoms with E-state index in [9.17, 15) is 0 Å². The van der Waals surface area contributed by atoms with E-state index in [1.165, 1.54) is 25.7 Å². The van der Waals surface area contributed by atoms with E-state index in [2.05, 4.69) is 24.0 Å². The average molecular weight is 296 g/mol. The van der Waals surface area contributed by atoms with Crippen LogP contribution in [0.4, 0.5) is 5.69 Å². The van der Waals surface area contributed by atoms with Crippen LogP contribution in [-0.4, -0.2) is 24.1 Å². The summed E-state index contributed by atoms with van der Waals surface area (Å²) < 4.78 is 0. The van der Waals surface area contributed by atoms with Crippen molar-refractivity contribution < 1.29 is 5.21 Å². The van der Waals surface area contributed by atoms with Crippen molar-refractivity contribution in [2.24, 2.45) is 16.8 Å². The lowest BCUT2D eigenvalue weighted by Gasteiger charge is -2.36. The molecule has 1 aromatic rings. The van der Waals surface area contributed by atoms with Crippen molar-refractivity contribution in [3.8, 4) is 0 Å². The number of hydrogen-bond acceptors (Lipinski definition) is 3. The molecule has 1 aliphatic rings. The molecule has 110 valence electrons. The van der Waals surface area contributed by atoms with Crippen LogP contribution < -0.4 is 10.6 Å². The number of anilines is 1. The lowest BCUT2D eigenvalue weighted by molar-refractivity contribution is 0.318. The number of hydrogen-bond donors (Lipinski definition) is 2. The third-order valence-corrected chi connectivity index (χ3v) is 4.41. The van der Waals surface area contributed by atoms with Gasteiger partial charge in [0.25, 0.3) is 0 Å². The minimum Gasteiger partial charge on any atom is -0.409 e. The van der Waals surface area contributed by atoms with Crippen LogP contribution in [0.25, 0.3) is 0 Å². The standard InChI is InChI=1S/C15H22ClN3O/c1-10-4-3-5-12(8-10)19(2)14-7-6-11(16)9-13(14)15(17)18-20/h6-7,9-10,12,20H,3-5,8H2,1-2H3,(H2,17,18). The highest BCUT2D eigenvalue weighted by molar-refractivity contribution is 6.31. The SMILES string of the molecule is CC1CCCC(N(C)c2ccc(Cl)cc2C(N)=NO)C1. The van der Waals surface area contributed by atoms with Crippen LogP contribution in [-0.2, 0) is 0 Å². The molecule has 0 aliphatic heterocycles. The fraction of sp³-hybridized carbons (Fsp3) is 0.533. The molecule has 0 saturated heterocycles. The zero-order valence-corrected chi connectivity index (χ0v) is 12.8. The molecule has 0 bridgehead atoms. The largest absolute Gasteiger partial charge is 0.409 e. The van der Waals surface area contributed by atoms with Crippen LogP contribution in [0.15, 0.2) is 23.4 Å². The first-order valence-electron chi connectivity index (χ1n) is 7.03. The molecule has 0 spiro atoms. The molecule has 5 heteroatoms. The second-order valence-electron chi connectivity index (χ2n) is 5.68. The highest BCUT2D eigenvalue weighted by Crippen LogP contribution is 2.32. The molecule has 0 amide bonds. The van der Waals surface area contributed by atoms with Crippen molar-refractivity contribution >= 4 is 23.1 Å². The van der Waals surface area contributed by atoms with Crippen molar-refractivity contribution in [2.75, 3.05) is 11.9 Å². The van der Waals surface area contributed by atoms with Crippen LogP contribution in [0.5, 0.6) is 0 Å². The maximum absolute atomic E-state index is 8.94. The molecule has 0 aromatic heterocycles. The quantitative estimate of drug-likeness (QED) is 0.388. The minimum absolute atomic E-state index is 0.0956. The molecule has 0 radical (unpaired) electrons. The summed E-state index contributed by atoms with van der Waals surface area (Å²) in [6.07, 6.45) is 4.91. The number of rotatable bonds is 3. The first-order valence-corrected chi connectivity index (χ1v) is 7.41. The maximum atomic E-state index is 8.94. The van der Waals surface area contributed by atoms with Gasteiger partial charge >= 0.3 is 0 Å². The van der Waals surface area contributed by atoms with Gasteiger partial charge in [-0.3, -0.25) is 0 Å². The van der Waals surface area contributed by atoms with Gasteiger partial charge in [0.2, 0.25) is 0 Å². The molecular weight excluding hydrogens is 274 g/mol. The summed E-state index contributed by atoms with van der Waals surface area (Å²) in [6, 6.07) is 6.02. The summed E-state index contributed by atoms with van der Waals surface area (Å²) in [6.45, 7) is 2.30. The van der Waals surface area contributed by atoms with Gasteiger partial charge in [0, 0.05) is 29.4 Å². The molecule has 2 rings (SSSR count). The van der Waals surface area contributed by atoms with Crippen molar-refractivity contribution in [1.82, 2.24) is 0 Å². The summed E-state index contributed by atoms with van der Waals surface area (Å²) in [5.74, 6) is 0.842. The Morgan fingerprint density at radius 3 is 2.85 bits per heavy atom. The van der Waals surface area contributed by atoms with Gasteiger partial charge in [-0.25, -0.2) is 0 Å². The highest BCUT2D eigenvalue weighted by Gasteiger charge is 2.24. The number of nitrogens with zero attached hydrogens (tertiary/aromatic N) is 2. The van der Waals surface area contributed by atoms with Gasteiger partial charge in [0.15, 0.2) is 5.84 Å². The first kappa shape index (κ1) is 15.0. The van der Waals surface area contributed by atoms with E-state index in [1.54, 1.807) is 6.07 Å². The summed E-state index contributed by atoms with van der Waals surface area (Å²) >= 11 is 6.02. The Bertz CT molecular complexity index is 504. The van der Waals surface area contributed by atoms with Crippen LogP contribution >= 0.6 is 11.6 Å². The zero-order valence-electron chi connectivity index (χ0n) is 12.0. The smallest absolute Gasteiger partial charge is 0.172 e. The number of halogens is 1. The number of oxime groups is 1. The molecule has 3 N–H and O–H groups in total. The summed E-state index contributed by atoms with van der Waals surface area (Å²) in [5.41, 5.74) is 7.42. The topological polar surface area (TPSA) is 61.8 Å². The normalized spacial score (nSPS) is 23.6. The van der Waals surface area contributed by atoms with Gasteiger partial charge in [-0.2, -0.15) is 0 Å². The van der Waals surface area contributed by atoms with Gasteiger partial charge < -0.3 is 15.8 Å². The van der Waals surface area contributed by atoms with Crippen molar-refractivity contribution in [3.63, 3.8) is 0 Å². The predicted octanol–water partition coefficient (Wildman–Crippen LogP) is 3.45. The Morgan fingerprint density at radius 2 is 2.20 bits per heavy atom. The summed E-state index contributed by atoms with van der Waals surface area (Å²) in [5, 5.41) is 12.6. The Morgan fingerprint density at radius 1 is 1.45 bits per heavy atom. The van der Waals surface area contributed by atoms with E-state index >= 15 is 0 Å². The van der Waals surface area contributed by atoms with E-state index in [0.717, 1.165) is 11.6 Å². The second-order valence-corrected chi connectivity index (χ2v) is 6.12. The number of nitrogens with two attached hydrogens (primary N) is 1. The molecule has 0 heterocycles. The summed E-state index contributed by atoms with van der Waals surface area (Å²) in [7, 11) is 2.07. The van der Waals surface area contributed by atoms with Crippen LogP contribution in [0, 0.1) is 5.92 Å². The Labute approximate surface area is 125 Å². The van der Waals surface area contributed by atoms with Gasteiger partial charge in [-0.15, -0.1) is 0 Å². The van der Waals surface area contributed by atoms with Gasteiger partial charge in [0.05, 0.1) is 0 Å². The van der Waals surface area contributed by atoms with Gasteiger partial charge in [-0.1, -0.05) is 36.5 Å². The number of amidine groups is 1. The molecule has 4 nitrogen and oxygen atoms in total. The van der Waals surface area contributed by atoms with Crippen LogP contribution in [0.1, 0.15) is 38.2 Å². The number of benzene rings is 1. The third-order valence-electron chi connectivity index (χ3n) is 4.18. The van der Waals surface area contributed by atoms with E-state index < -0.39 is 0 Å². The fourth-order valence-corrected chi connectivity index (χ4v) is 3.20. The zero-order chi connectivity index (χ0) is 14.7. The average Bonchev–Trinajstić information content (AvgIpc) is 2.45. The lowest BCUT2D eigenvalue weighted by Crippen LogP contribution is -2.36. The van der Waals surface area contributed by atoms with Gasteiger partial charge in [-0.05, 0) is 37.0 Å². The molecule has 2 atom stereocenters. The Balaban J connectivity index is 2.31. The molecule has 20 heavy (non-hydrogen) atoms. The fourth-order valence-electron chi connectivity index (χ4n) is 3.03. The van der Waals surface area contributed by atoms with Crippen molar-refractivity contribution in [3.05, 3.63) is 28.8 Å². The lowest BCUT2D eigenvalue weighted by atomic mass is 9.86. The van der Waals surface area contributed by atoms with Crippen molar-refractivity contribution in [2.45, 2.75) is 38.6 Å². The first-order chi connectivity index (χ1) is 9.52. The minimum atomic E-state index is 0.0956. The second kappa shape index (κ2) is 6.35.